The fourth-order valence-electron chi connectivity index (χ4n) is 2.62. The maximum atomic E-state index is 7.77. The second-order valence-electron chi connectivity index (χ2n) is 5.61. The van der Waals surface area contributed by atoms with E-state index in [0.717, 1.165) is 43.1 Å². The van der Waals surface area contributed by atoms with Crippen LogP contribution in [-0.4, -0.2) is 59.3 Å². The third kappa shape index (κ3) is 3.62. The van der Waals surface area contributed by atoms with Crippen LogP contribution in [-0.2, 0) is 6.54 Å². The molecule has 2 aromatic rings. The highest BCUT2D eigenvalue weighted by Crippen LogP contribution is 2.22. The SMILES string of the molecule is CN1CCN(c2ncnc(NCc3cccnc3)c2C=N)CC1. The summed E-state index contributed by atoms with van der Waals surface area (Å²) in [4.78, 5) is 17.3. The van der Waals surface area contributed by atoms with Crippen LogP contribution in [0.2, 0.25) is 0 Å². The number of piperazine rings is 1. The van der Waals surface area contributed by atoms with Gasteiger partial charge in [-0.15, -0.1) is 0 Å². The standard InChI is InChI=1S/C16H21N7/c1-22-5-7-23(8-6-22)16-14(9-17)15(20-12-21-16)19-11-13-3-2-4-18-10-13/h2-4,9-10,12,17H,5-8,11H2,1H3,(H,19,20,21). The van der Waals surface area contributed by atoms with E-state index >= 15 is 0 Å². The molecular weight excluding hydrogens is 290 g/mol. The molecule has 1 aliphatic rings. The first-order valence-corrected chi connectivity index (χ1v) is 7.69. The summed E-state index contributed by atoms with van der Waals surface area (Å²) in [7, 11) is 2.12. The average molecular weight is 311 g/mol. The van der Waals surface area contributed by atoms with Crippen molar-refractivity contribution < 1.29 is 0 Å². The minimum absolute atomic E-state index is 0.619. The molecule has 0 atom stereocenters. The lowest BCUT2D eigenvalue weighted by atomic mass is 10.2. The van der Waals surface area contributed by atoms with Gasteiger partial charge in [0, 0.05) is 51.3 Å². The van der Waals surface area contributed by atoms with E-state index < -0.39 is 0 Å². The lowest BCUT2D eigenvalue weighted by molar-refractivity contribution is 0.312. The summed E-state index contributed by atoms with van der Waals surface area (Å²) < 4.78 is 0. The van der Waals surface area contributed by atoms with E-state index in [1.54, 1.807) is 12.5 Å². The minimum atomic E-state index is 0.619. The molecular formula is C16H21N7. The van der Waals surface area contributed by atoms with Gasteiger partial charge < -0.3 is 20.5 Å². The van der Waals surface area contributed by atoms with Crippen LogP contribution in [0.1, 0.15) is 11.1 Å². The second-order valence-corrected chi connectivity index (χ2v) is 5.61. The van der Waals surface area contributed by atoms with E-state index in [9.17, 15) is 0 Å². The lowest BCUT2D eigenvalue weighted by Crippen LogP contribution is -2.45. The lowest BCUT2D eigenvalue weighted by Gasteiger charge is -2.34. The van der Waals surface area contributed by atoms with Gasteiger partial charge in [-0.2, -0.15) is 0 Å². The van der Waals surface area contributed by atoms with Crippen LogP contribution in [0.5, 0.6) is 0 Å². The molecule has 0 unspecified atom stereocenters. The summed E-state index contributed by atoms with van der Waals surface area (Å²) in [5, 5.41) is 11.1. The number of pyridine rings is 1. The number of nitrogens with zero attached hydrogens (tertiary/aromatic N) is 5. The first-order valence-electron chi connectivity index (χ1n) is 7.69. The first kappa shape index (κ1) is 15.4. The monoisotopic (exact) mass is 311 g/mol. The predicted molar refractivity (Wildman–Crippen MR) is 91.2 cm³/mol. The summed E-state index contributed by atoms with van der Waals surface area (Å²) in [5.41, 5.74) is 1.81. The summed E-state index contributed by atoms with van der Waals surface area (Å²) >= 11 is 0. The van der Waals surface area contributed by atoms with E-state index in [4.69, 9.17) is 5.41 Å². The third-order valence-electron chi connectivity index (χ3n) is 3.99. The molecule has 0 amide bonds. The van der Waals surface area contributed by atoms with Gasteiger partial charge in [-0.25, -0.2) is 9.97 Å². The number of rotatable bonds is 5. The number of aromatic nitrogens is 3. The topological polar surface area (TPSA) is 81.0 Å². The van der Waals surface area contributed by atoms with Crippen molar-refractivity contribution in [2.24, 2.45) is 0 Å². The van der Waals surface area contributed by atoms with Crippen LogP contribution in [0, 0.1) is 5.41 Å². The molecule has 2 N–H and O–H groups in total. The number of likely N-dealkylation sites (N-methyl/N-ethyl adjacent to an activating group) is 1. The third-order valence-corrected chi connectivity index (χ3v) is 3.99. The zero-order valence-corrected chi connectivity index (χ0v) is 13.2. The van der Waals surface area contributed by atoms with E-state index in [1.165, 1.54) is 6.21 Å². The Bertz CT molecular complexity index is 651. The van der Waals surface area contributed by atoms with E-state index in [1.807, 2.05) is 18.3 Å². The first-order chi connectivity index (χ1) is 11.3. The highest BCUT2D eigenvalue weighted by atomic mass is 15.3. The average Bonchev–Trinajstić information content (AvgIpc) is 2.61. The normalized spacial score (nSPS) is 15.4. The fraction of sp³-hybridized carbons (Fsp3) is 0.375. The van der Waals surface area contributed by atoms with Crippen LogP contribution < -0.4 is 10.2 Å². The maximum Gasteiger partial charge on any atom is 0.143 e. The molecule has 0 aromatic carbocycles. The largest absolute Gasteiger partial charge is 0.365 e. The summed E-state index contributed by atoms with van der Waals surface area (Å²) in [6.07, 6.45) is 6.47. The Morgan fingerprint density at radius 1 is 1.26 bits per heavy atom. The Morgan fingerprint density at radius 2 is 2.09 bits per heavy atom. The number of hydrogen-bond acceptors (Lipinski definition) is 7. The van der Waals surface area contributed by atoms with Crippen LogP contribution >= 0.6 is 0 Å². The molecule has 1 fully saturated rings. The molecule has 0 aliphatic carbocycles. The van der Waals surface area contributed by atoms with Gasteiger partial charge in [0.15, 0.2) is 0 Å². The Hall–Kier alpha value is -2.54. The molecule has 3 heterocycles. The predicted octanol–water partition coefficient (Wildman–Crippen LogP) is 1.23. The van der Waals surface area contributed by atoms with Crippen molar-refractivity contribution in [3.63, 3.8) is 0 Å². The molecule has 0 saturated carbocycles. The van der Waals surface area contributed by atoms with E-state index in [0.29, 0.717) is 12.4 Å². The smallest absolute Gasteiger partial charge is 0.143 e. The summed E-state index contributed by atoms with van der Waals surface area (Å²) in [5.74, 6) is 1.52. The molecule has 23 heavy (non-hydrogen) atoms. The Morgan fingerprint density at radius 3 is 2.78 bits per heavy atom. The molecule has 0 radical (unpaired) electrons. The van der Waals surface area contributed by atoms with Crippen LogP contribution in [0.3, 0.4) is 0 Å². The molecule has 2 aromatic heterocycles. The van der Waals surface area contributed by atoms with Gasteiger partial charge in [-0.1, -0.05) is 6.07 Å². The van der Waals surface area contributed by atoms with Gasteiger partial charge in [0.1, 0.15) is 18.0 Å². The Kier molecular flexibility index (Phi) is 4.77. The van der Waals surface area contributed by atoms with Crippen molar-refractivity contribution in [1.82, 2.24) is 19.9 Å². The number of anilines is 2. The number of nitrogens with one attached hydrogen (secondary N) is 2. The fourth-order valence-corrected chi connectivity index (χ4v) is 2.62. The van der Waals surface area contributed by atoms with Crippen LogP contribution in [0.15, 0.2) is 30.9 Å². The molecule has 0 spiro atoms. The van der Waals surface area contributed by atoms with E-state index in [-0.39, 0.29) is 0 Å². The summed E-state index contributed by atoms with van der Waals surface area (Å²) in [6, 6.07) is 3.91. The summed E-state index contributed by atoms with van der Waals surface area (Å²) in [6.45, 7) is 4.44. The molecule has 7 heteroatoms. The van der Waals surface area contributed by atoms with Crippen molar-refractivity contribution in [3.8, 4) is 0 Å². The quantitative estimate of drug-likeness (QED) is 0.809. The molecule has 0 bridgehead atoms. The van der Waals surface area contributed by atoms with Gasteiger partial charge in [0.2, 0.25) is 0 Å². The highest BCUT2D eigenvalue weighted by Gasteiger charge is 2.19. The van der Waals surface area contributed by atoms with Gasteiger partial charge in [-0.05, 0) is 18.7 Å². The molecule has 1 aliphatic heterocycles. The van der Waals surface area contributed by atoms with Gasteiger partial charge in [0.05, 0.1) is 5.56 Å². The van der Waals surface area contributed by atoms with Gasteiger partial charge in [0.25, 0.3) is 0 Å². The van der Waals surface area contributed by atoms with Crippen molar-refractivity contribution >= 4 is 17.9 Å². The Balaban J connectivity index is 1.78. The van der Waals surface area contributed by atoms with Gasteiger partial charge >= 0.3 is 0 Å². The van der Waals surface area contributed by atoms with Crippen molar-refractivity contribution in [3.05, 3.63) is 42.0 Å². The van der Waals surface area contributed by atoms with E-state index in [2.05, 4.69) is 37.1 Å². The zero-order valence-electron chi connectivity index (χ0n) is 13.2. The van der Waals surface area contributed by atoms with Crippen molar-refractivity contribution in [2.45, 2.75) is 6.54 Å². The molecule has 120 valence electrons. The number of hydrogen-bond donors (Lipinski definition) is 2. The molecule has 7 nitrogen and oxygen atoms in total. The Labute approximate surface area is 135 Å². The van der Waals surface area contributed by atoms with Crippen molar-refractivity contribution in [2.75, 3.05) is 43.4 Å². The molecule has 3 rings (SSSR count). The van der Waals surface area contributed by atoms with Gasteiger partial charge in [-0.3, -0.25) is 4.98 Å². The van der Waals surface area contributed by atoms with Crippen molar-refractivity contribution in [1.29, 1.82) is 5.41 Å². The highest BCUT2D eigenvalue weighted by molar-refractivity contribution is 5.91. The maximum absolute atomic E-state index is 7.77. The zero-order chi connectivity index (χ0) is 16.1. The second kappa shape index (κ2) is 7.15. The molecule has 1 saturated heterocycles. The van der Waals surface area contributed by atoms with Crippen LogP contribution in [0.4, 0.5) is 11.6 Å². The minimum Gasteiger partial charge on any atom is -0.365 e. The van der Waals surface area contributed by atoms with Crippen LogP contribution in [0.25, 0.3) is 0 Å².